The normalized spacial score (nSPS) is 23.7. The van der Waals surface area contributed by atoms with E-state index in [1.54, 1.807) is 12.4 Å². The van der Waals surface area contributed by atoms with E-state index in [0.29, 0.717) is 17.5 Å². The van der Waals surface area contributed by atoms with Crippen LogP contribution in [0.25, 0.3) is 0 Å². The number of aromatic nitrogens is 1. The highest BCUT2D eigenvalue weighted by Gasteiger charge is 2.33. The van der Waals surface area contributed by atoms with E-state index in [-0.39, 0.29) is 5.91 Å². The Balaban J connectivity index is 2.12. The van der Waals surface area contributed by atoms with Gasteiger partial charge in [-0.25, -0.2) is 0 Å². The summed E-state index contributed by atoms with van der Waals surface area (Å²) >= 11 is 3.34. The second-order valence-corrected chi connectivity index (χ2v) is 6.03. The van der Waals surface area contributed by atoms with Crippen LogP contribution in [0.3, 0.4) is 0 Å². The van der Waals surface area contributed by atoms with Gasteiger partial charge < -0.3 is 9.80 Å². The molecule has 0 N–H and O–H groups in total. The van der Waals surface area contributed by atoms with E-state index in [1.807, 2.05) is 11.0 Å². The molecular formula is C13H18BrN3O. The van der Waals surface area contributed by atoms with Crippen molar-refractivity contribution in [3.63, 3.8) is 0 Å². The van der Waals surface area contributed by atoms with Crippen LogP contribution in [0.4, 0.5) is 0 Å². The predicted molar refractivity (Wildman–Crippen MR) is 74.5 cm³/mol. The first kappa shape index (κ1) is 13.5. The largest absolute Gasteiger partial charge is 0.337 e. The van der Waals surface area contributed by atoms with Crippen LogP contribution >= 0.6 is 15.9 Å². The van der Waals surface area contributed by atoms with Crippen molar-refractivity contribution >= 4 is 21.8 Å². The Labute approximate surface area is 116 Å². The number of halogens is 1. The second kappa shape index (κ2) is 5.36. The topological polar surface area (TPSA) is 36.4 Å². The number of pyridine rings is 1. The van der Waals surface area contributed by atoms with E-state index in [0.717, 1.165) is 17.6 Å². The average molecular weight is 312 g/mol. The predicted octanol–water partition coefficient (Wildman–Crippen LogP) is 1.87. The lowest BCUT2D eigenvalue weighted by atomic mass is 10.1. The second-order valence-electron chi connectivity index (χ2n) is 5.11. The third-order valence-corrected chi connectivity index (χ3v) is 3.91. The fraction of sp³-hybridized carbons (Fsp3) is 0.538. The lowest BCUT2D eigenvalue weighted by molar-refractivity contribution is 0.0781. The molecule has 0 spiro atoms. The fourth-order valence-electron chi connectivity index (χ4n) is 2.50. The minimum atomic E-state index is 0.0694. The summed E-state index contributed by atoms with van der Waals surface area (Å²) in [6.45, 7) is 3.80. The molecule has 1 fully saturated rings. The molecular weight excluding hydrogens is 294 g/mol. The molecule has 98 valence electrons. The first-order valence-electron chi connectivity index (χ1n) is 6.05. The number of amides is 1. The molecule has 1 aliphatic rings. The molecule has 1 aromatic rings. The molecule has 1 amide bonds. The molecule has 2 heterocycles. The molecule has 1 saturated heterocycles. The van der Waals surface area contributed by atoms with Crippen LogP contribution < -0.4 is 0 Å². The number of likely N-dealkylation sites (tertiary alicyclic amines) is 1. The van der Waals surface area contributed by atoms with E-state index in [2.05, 4.69) is 46.8 Å². The van der Waals surface area contributed by atoms with Gasteiger partial charge in [-0.2, -0.15) is 0 Å². The molecule has 0 saturated carbocycles. The Morgan fingerprint density at radius 3 is 2.72 bits per heavy atom. The molecule has 2 unspecified atom stereocenters. The SMILES string of the molecule is CC1CN(C(=O)c2cncc(Br)c2)CC1N(C)C. The molecule has 2 atom stereocenters. The maximum absolute atomic E-state index is 12.4. The molecule has 18 heavy (non-hydrogen) atoms. The zero-order chi connectivity index (χ0) is 13.3. The zero-order valence-corrected chi connectivity index (χ0v) is 12.5. The van der Waals surface area contributed by atoms with E-state index in [1.165, 1.54) is 0 Å². The Kier molecular flexibility index (Phi) is 4.02. The fourth-order valence-corrected chi connectivity index (χ4v) is 2.86. The quantitative estimate of drug-likeness (QED) is 0.836. The van der Waals surface area contributed by atoms with Gasteiger partial charge in [-0.1, -0.05) is 6.92 Å². The Hall–Kier alpha value is -0.940. The first-order chi connectivity index (χ1) is 8.49. The van der Waals surface area contributed by atoms with Gasteiger partial charge in [0.05, 0.1) is 5.56 Å². The summed E-state index contributed by atoms with van der Waals surface area (Å²) in [5, 5.41) is 0. The van der Waals surface area contributed by atoms with Crippen molar-refractivity contribution in [1.29, 1.82) is 0 Å². The van der Waals surface area contributed by atoms with Crippen LogP contribution in [0.2, 0.25) is 0 Å². The zero-order valence-electron chi connectivity index (χ0n) is 10.9. The van der Waals surface area contributed by atoms with Crippen molar-refractivity contribution < 1.29 is 4.79 Å². The maximum Gasteiger partial charge on any atom is 0.255 e. The summed E-state index contributed by atoms with van der Waals surface area (Å²) in [6.07, 6.45) is 3.31. The minimum Gasteiger partial charge on any atom is -0.337 e. The van der Waals surface area contributed by atoms with Crippen LogP contribution in [0.1, 0.15) is 17.3 Å². The van der Waals surface area contributed by atoms with Gasteiger partial charge in [-0.05, 0) is 42.0 Å². The van der Waals surface area contributed by atoms with Gasteiger partial charge in [0.1, 0.15) is 0 Å². The van der Waals surface area contributed by atoms with Crippen LogP contribution in [0, 0.1) is 5.92 Å². The summed E-state index contributed by atoms with van der Waals surface area (Å²) in [6, 6.07) is 2.26. The molecule has 4 nitrogen and oxygen atoms in total. The highest BCUT2D eigenvalue weighted by Crippen LogP contribution is 2.22. The average Bonchev–Trinajstić information content (AvgIpc) is 2.70. The van der Waals surface area contributed by atoms with E-state index in [4.69, 9.17) is 0 Å². The number of carbonyl (C=O) groups excluding carboxylic acids is 1. The van der Waals surface area contributed by atoms with Crippen LogP contribution in [-0.2, 0) is 0 Å². The molecule has 2 rings (SSSR count). The molecule has 0 aromatic carbocycles. The van der Waals surface area contributed by atoms with Gasteiger partial charge in [-0.3, -0.25) is 9.78 Å². The van der Waals surface area contributed by atoms with Gasteiger partial charge in [0, 0.05) is 36.0 Å². The molecule has 1 aliphatic heterocycles. The van der Waals surface area contributed by atoms with E-state index < -0.39 is 0 Å². The Morgan fingerprint density at radius 1 is 1.44 bits per heavy atom. The van der Waals surface area contributed by atoms with Crippen molar-refractivity contribution in [3.05, 3.63) is 28.5 Å². The van der Waals surface area contributed by atoms with Crippen molar-refractivity contribution in [1.82, 2.24) is 14.8 Å². The molecule has 0 radical (unpaired) electrons. The maximum atomic E-state index is 12.4. The Bertz CT molecular complexity index is 450. The number of hydrogen-bond donors (Lipinski definition) is 0. The minimum absolute atomic E-state index is 0.0694. The third kappa shape index (κ3) is 2.72. The van der Waals surface area contributed by atoms with Crippen molar-refractivity contribution in [3.8, 4) is 0 Å². The number of nitrogens with zero attached hydrogens (tertiary/aromatic N) is 3. The smallest absolute Gasteiger partial charge is 0.255 e. The number of likely N-dealkylation sites (N-methyl/N-ethyl adjacent to an activating group) is 1. The van der Waals surface area contributed by atoms with Crippen molar-refractivity contribution in [2.45, 2.75) is 13.0 Å². The summed E-state index contributed by atoms with van der Waals surface area (Å²) in [7, 11) is 4.13. The lowest BCUT2D eigenvalue weighted by Crippen LogP contribution is -2.35. The summed E-state index contributed by atoms with van der Waals surface area (Å²) in [5.41, 5.74) is 0.649. The number of rotatable bonds is 2. The van der Waals surface area contributed by atoms with Crippen molar-refractivity contribution in [2.24, 2.45) is 5.92 Å². The summed E-state index contributed by atoms with van der Waals surface area (Å²) < 4.78 is 0.838. The van der Waals surface area contributed by atoms with Gasteiger partial charge in [-0.15, -0.1) is 0 Å². The Morgan fingerprint density at radius 2 is 2.17 bits per heavy atom. The monoisotopic (exact) mass is 311 g/mol. The lowest BCUT2D eigenvalue weighted by Gasteiger charge is -2.22. The number of carbonyl (C=O) groups is 1. The van der Waals surface area contributed by atoms with Crippen LogP contribution in [0.15, 0.2) is 22.9 Å². The standard InChI is InChI=1S/C13H18BrN3O/c1-9-7-17(8-12(9)16(2)3)13(18)10-4-11(14)6-15-5-10/h4-6,9,12H,7-8H2,1-3H3. The molecule has 1 aromatic heterocycles. The molecule has 0 aliphatic carbocycles. The highest BCUT2D eigenvalue weighted by atomic mass is 79.9. The third-order valence-electron chi connectivity index (χ3n) is 3.47. The van der Waals surface area contributed by atoms with Crippen molar-refractivity contribution in [2.75, 3.05) is 27.2 Å². The molecule has 0 bridgehead atoms. The number of hydrogen-bond acceptors (Lipinski definition) is 3. The van der Waals surface area contributed by atoms with E-state index in [9.17, 15) is 4.79 Å². The molecule has 5 heteroatoms. The summed E-state index contributed by atoms with van der Waals surface area (Å²) in [5.74, 6) is 0.573. The van der Waals surface area contributed by atoms with Crippen LogP contribution in [0.5, 0.6) is 0 Å². The van der Waals surface area contributed by atoms with Crippen LogP contribution in [-0.4, -0.2) is 53.9 Å². The van der Waals surface area contributed by atoms with Gasteiger partial charge in [0.2, 0.25) is 0 Å². The van der Waals surface area contributed by atoms with E-state index >= 15 is 0 Å². The first-order valence-corrected chi connectivity index (χ1v) is 6.84. The van der Waals surface area contributed by atoms with Gasteiger partial charge >= 0.3 is 0 Å². The highest BCUT2D eigenvalue weighted by molar-refractivity contribution is 9.10. The summed E-state index contributed by atoms with van der Waals surface area (Å²) in [4.78, 5) is 20.5. The van der Waals surface area contributed by atoms with Gasteiger partial charge in [0.25, 0.3) is 5.91 Å². The van der Waals surface area contributed by atoms with Gasteiger partial charge in [0.15, 0.2) is 0 Å².